The molecule has 10 heteroatoms. The van der Waals surface area contributed by atoms with Gasteiger partial charge >= 0.3 is 12.2 Å². The molecule has 2 aliphatic heterocycles. The number of hydrogen-bond donors (Lipinski definition) is 1. The number of carbonyl (C=O) groups excluding carboxylic acids is 1. The van der Waals surface area contributed by atoms with Gasteiger partial charge in [-0.25, -0.2) is 9.59 Å². The van der Waals surface area contributed by atoms with Crippen LogP contribution in [-0.2, 0) is 4.74 Å². The number of anilines is 2. The van der Waals surface area contributed by atoms with Gasteiger partial charge in [-0.3, -0.25) is 9.80 Å². The van der Waals surface area contributed by atoms with Gasteiger partial charge in [-0.1, -0.05) is 41.9 Å². The summed E-state index contributed by atoms with van der Waals surface area (Å²) in [6, 6.07) is 27.7. The van der Waals surface area contributed by atoms with Gasteiger partial charge in [-0.2, -0.15) is 0 Å². The van der Waals surface area contributed by atoms with Gasteiger partial charge in [-0.15, -0.1) is 0 Å². The number of halogens is 1. The van der Waals surface area contributed by atoms with E-state index < -0.39 is 24.3 Å². The fourth-order valence-electron chi connectivity index (χ4n) is 4.79. The van der Waals surface area contributed by atoms with E-state index in [9.17, 15) is 14.7 Å². The molecule has 0 spiro atoms. The molecule has 4 aromatic carbocycles. The Hall–Kier alpha value is -4.89. The van der Waals surface area contributed by atoms with E-state index in [0.717, 1.165) is 10.5 Å². The van der Waals surface area contributed by atoms with Crippen LogP contribution in [0.5, 0.6) is 23.0 Å². The van der Waals surface area contributed by atoms with Crippen molar-refractivity contribution >= 4 is 35.2 Å². The molecular formula is C30H23ClN2O7. The average molecular weight is 559 g/mol. The fraction of sp³-hybridized carbons (Fsp3) is 0.133. The lowest BCUT2D eigenvalue weighted by Gasteiger charge is -2.28. The third kappa shape index (κ3) is 5.06. The van der Waals surface area contributed by atoms with Crippen LogP contribution >= 0.6 is 11.6 Å². The summed E-state index contributed by atoms with van der Waals surface area (Å²) < 4.78 is 22.5. The molecule has 0 aromatic heterocycles. The summed E-state index contributed by atoms with van der Waals surface area (Å²) in [4.78, 5) is 28.3. The highest BCUT2D eigenvalue weighted by molar-refractivity contribution is 6.30. The molecule has 1 fully saturated rings. The molecule has 0 unspecified atom stereocenters. The van der Waals surface area contributed by atoms with Crippen molar-refractivity contribution in [2.24, 2.45) is 0 Å². The van der Waals surface area contributed by atoms with Crippen molar-refractivity contribution in [3.63, 3.8) is 0 Å². The van der Waals surface area contributed by atoms with Crippen molar-refractivity contribution in [1.82, 2.24) is 0 Å². The Morgan fingerprint density at radius 3 is 2.30 bits per heavy atom. The van der Waals surface area contributed by atoms with Crippen LogP contribution in [0.2, 0.25) is 5.02 Å². The third-order valence-electron chi connectivity index (χ3n) is 6.65. The zero-order valence-corrected chi connectivity index (χ0v) is 21.7. The van der Waals surface area contributed by atoms with Crippen molar-refractivity contribution in [2.75, 3.05) is 23.1 Å². The monoisotopic (exact) mass is 558 g/mol. The first-order valence-corrected chi connectivity index (χ1v) is 12.8. The van der Waals surface area contributed by atoms with Gasteiger partial charge in [0.1, 0.15) is 23.6 Å². The topological polar surface area (TPSA) is 97.8 Å². The summed E-state index contributed by atoms with van der Waals surface area (Å²) in [5.41, 5.74) is 1.76. The van der Waals surface area contributed by atoms with Crippen LogP contribution in [0.25, 0.3) is 0 Å². The lowest BCUT2D eigenvalue weighted by Crippen LogP contribution is -2.40. The maximum absolute atomic E-state index is 13.3. The molecule has 9 nitrogen and oxygen atoms in total. The van der Waals surface area contributed by atoms with Crippen molar-refractivity contribution in [3.05, 3.63) is 108 Å². The molecular weight excluding hydrogens is 536 g/mol. The molecule has 2 heterocycles. The van der Waals surface area contributed by atoms with E-state index in [-0.39, 0.29) is 13.3 Å². The van der Waals surface area contributed by atoms with Gasteiger partial charge < -0.3 is 24.1 Å². The second-order valence-corrected chi connectivity index (χ2v) is 9.56. The summed E-state index contributed by atoms with van der Waals surface area (Å²) in [6.45, 7) is -0.0325. The minimum Gasteiger partial charge on any atom is -0.465 e. The summed E-state index contributed by atoms with van der Waals surface area (Å²) in [5.74, 6) is 2.19. The van der Waals surface area contributed by atoms with Crippen molar-refractivity contribution in [2.45, 2.75) is 12.1 Å². The van der Waals surface area contributed by atoms with Crippen LogP contribution in [0.1, 0.15) is 11.6 Å². The minimum atomic E-state index is -1.19. The molecule has 6 rings (SSSR count). The Bertz CT molecular complexity index is 1530. The number of carboxylic acid groups (broad SMARTS) is 1. The minimum absolute atomic E-state index is 0.0701. The van der Waals surface area contributed by atoms with E-state index in [1.165, 1.54) is 4.90 Å². The van der Waals surface area contributed by atoms with Crippen molar-refractivity contribution in [1.29, 1.82) is 0 Å². The number of amides is 2. The maximum Gasteiger partial charge on any atom is 0.415 e. The van der Waals surface area contributed by atoms with E-state index in [2.05, 4.69) is 0 Å². The van der Waals surface area contributed by atoms with Gasteiger partial charge in [0.2, 0.25) is 6.79 Å². The van der Waals surface area contributed by atoms with Gasteiger partial charge in [0.15, 0.2) is 11.5 Å². The van der Waals surface area contributed by atoms with Gasteiger partial charge in [0.05, 0.1) is 12.2 Å². The highest BCUT2D eigenvalue weighted by atomic mass is 35.5. The molecule has 0 saturated carbocycles. The third-order valence-corrected chi connectivity index (χ3v) is 6.90. The van der Waals surface area contributed by atoms with E-state index in [1.54, 1.807) is 66.7 Å². The van der Waals surface area contributed by atoms with Crippen LogP contribution in [0, 0.1) is 0 Å². The molecule has 1 saturated heterocycles. The largest absolute Gasteiger partial charge is 0.465 e. The number of fused-ring (bicyclic) bond motifs is 1. The highest BCUT2D eigenvalue weighted by Crippen LogP contribution is 2.40. The van der Waals surface area contributed by atoms with Crippen LogP contribution in [0.4, 0.5) is 21.0 Å². The molecule has 0 radical (unpaired) electrons. The molecule has 2 aliphatic rings. The quantitative estimate of drug-likeness (QED) is 0.258. The molecule has 0 aliphatic carbocycles. The van der Waals surface area contributed by atoms with E-state index >= 15 is 0 Å². The Kier molecular flexibility index (Phi) is 6.79. The van der Waals surface area contributed by atoms with Gasteiger partial charge in [0.25, 0.3) is 0 Å². The van der Waals surface area contributed by atoms with Crippen LogP contribution < -0.4 is 24.0 Å². The molecule has 202 valence electrons. The van der Waals surface area contributed by atoms with E-state index in [1.807, 2.05) is 30.3 Å². The SMILES string of the molecule is O=C(O)N(C[C@H]1OC(=O)N(c2ccc(Oc3ccc(Cl)cc3)cc2)[C@H]1c1ccccc1)c1ccc2c(c1)OCO2. The van der Waals surface area contributed by atoms with Crippen molar-refractivity contribution < 1.29 is 33.6 Å². The number of ether oxygens (including phenoxy) is 4. The first kappa shape index (κ1) is 25.4. The Labute approximate surface area is 234 Å². The molecule has 40 heavy (non-hydrogen) atoms. The van der Waals surface area contributed by atoms with Crippen LogP contribution in [0.15, 0.2) is 97.1 Å². The normalized spacial score (nSPS) is 17.4. The molecule has 0 bridgehead atoms. The number of nitrogens with zero attached hydrogens (tertiary/aromatic N) is 2. The number of carbonyl (C=O) groups is 2. The second-order valence-electron chi connectivity index (χ2n) is 9.13. The second kappa shape index (κ2) is 10.7. The lowest BCUT2D eigenvalue weighted by molar-refractivity contribution is 0.132. The molecule has 2 atom stereocenters. The van der Waals surface area contributed by atoms with E-state index in [4.69, 9.17) is 30.5 Å². The summed E-state index contributed by atoms with van der Waals surface area (Å²) >= 11 is 5.95. The zero-order chi connectivity index (χ0) is 27.6. The summed E-state index contributed by atoms with van der Waals surface area (Å²) in [5, 5.41) is 10.7. The summed E-state index contributed by atoms with van der Waals surface area (Å²) in [7, 11) is 0. The first-order chi connectivity index (χ1) is 19.5. The highest BCUT2D eigenvalue weighted by Gasteiger charge is 2.45. The van der Waals surface area contributed by atoms with Gasteiger partial charge in [0, 0.05) is 16.8 Å². The van der Waals surface area contributed by atoms with Crippen LogP contribution in [-0.4, -0.2) is 36.7 Å². The number of benzene rings is 4. The Balaban J connectivity index is 1.29. The number of rotatable bonds is 7. The Morgan fingerprint density at radius 2 is 1.60 bits per heavy atom. The Morgan fingerprint density at radius 1 is 0.925 bits per heavy atom. The van der Waals surface area contributed by atoms with E-state index in [0.29, 0.717) is 39.4 Å². The standard InChI is InChI=1S/C30H23ClN2O7/c31-20-6-11-23(12-7-20)39-24-13-8-21(9-14-24)33-28(19-4-2-1-3-5-19)27(40-30(33)36)17-32(29(34)35)22-10-15-25-26(16-22)38-18-37-25/h1-16,27-28H,17-18H2,(H,34,35)/t27-,28+/m1/s1. The van der Waals surface area contributed by atoms with Gasteiger partial charge in [-0.05, 0) is 66.2 Å². The lowest BCUT2D eigenvalue weighted by atomic mass is 9.99. The smallest absolute Gasteiger partial charge is 0.415 e. The number of cyclic esters (lactones) is 1. The molecule has 2 amide bonds. The summed E-state index contributed by atoms with van der Waals surface area (Å²) in [6.07, 6.45) is -2.58. The molecule has 1 N–H and O–H groups in total. The number of hydrogen-bond acceptors (Lipinski definition) is 6. The molecule has 4 aromatic rings. The predicted molar refractivity (Wildman–Crippen MR) is 148 cm³/mol. The fourth-order valence-corrected chi connectivity index (χ4v) is 4.91. The first-order valence-electron chi connectivity index (χ1n) is 12.4. The van der Waals surface area contributed by atoms with Crippen LogP contribution in [0.3, 0.4) is 0 Å². The predicted octanol–water partition coefficient (Wildman–Crippen LogP) is 7.11. The van der Waals surface area contributed by atoms with Crippen molar-refractivity contribution in [3.8, 4) is 23.0 Å². The average Bonchev–Trinajstić information content (AvgIpc) is 3.57. The maximum atomic E-state index is 13.3. The zero-order valence-electron chi connectivity index (χ0n) is 21.0.